The molecule has 22 heavy (non-hydrogen) atoms. The number of benzene rings is 1. The molecule has 2 N–H and O–H groups in total. The maximum absolute atomic E-state index is 12.3. The summed E-state index contributed by atoms with van der Waals surface area (Å²) >= 11 is 3.34. The molecule has 1 atom stereocenters. The summed E-state index contributed by atoms with van der Waals surface area (Å²) in [6.07, 6.45) is 2.57. The molecule has 0 aliphatic heterocycles. The predicted molar refractivity (Wildman–Crippen MR) is 86.1 cm³/mol. The molecule has 1 aromatic rings. The monoisotopic (exact) mass is 369 g/mol. The molecule has 1 fully saturated rings. The number of carboxylic acids is 1. The van der Waals surface area contributed by atoms with Crippen molar-refractivity contribution < 1.29 is 19.4 Å². The summed E-state index contributed by atoms with van der Waals surface area (Å²) in [6, 6.07) is 4.21. The fraction of sp³-hybridized carbons (Fsp3) is 0.500. The Hall–Kier alpha value is -1.56. The van der Waals surface area contributed by atoms with E-state index >= 15 is 0 Å². The smallest absolute Gasteiger partial charge is 0.326 e. The minimum atomic E-state index is -0.992. The SMILES string of the molecule is CC(C)Oc1cc(Br)cc(C(=O)NC(CC2CC2)C(=O)O)c1. The van der Waals surface area contributed by atoms with Crippen LogP contribution in [0.4, 0.5) is 0 Å². The number of carboxylic acid groups (broad SMARTS) is 1. The van der Waals surface area contributed by atoms with Gasteiger partial charge in [-0.25, -0.2) is 4.79 Å². The second-order valence-corrected chi connectivity index (χ2v) is 6.80. The topological polar surface area (TPSA) is 75.6 Å². The minimum Gasteiger partial charge on any atom is -0.491 e. The summed E-state index contributed by atoms with van der Waals surface area (Å²) in [7, 11) is 0. The first-order valence-corrected chi connectivity index (χ1v) is 8.15. The summed E-state index contributed by atoms with van der Waals surface area (Å²) in [5, 5.41) is 11.8. The summed E-state index contributed by atoms with van der Waals surface area (Å²) in [5.41, 5.74) is 0.382. The van der Waals surface area contributed by atoms with Crippen LogP contribution in [0.5, 0.6) is 5.75 Å². The van der Waals surface area contributed by atoms with E-state index in [-0.39, 0.29) is 6.10 Å². The second kappa shape index (κ2) is 7.13. The summed E-state index contributed by atoms with van der Waals surface area (Å²) < 4.78 is 6.30. The molecule has 0 aromatic heterocycles. The predicted octanol–water partition coefficient (Wildman–Crippen LogP) is 3.22. The van der Waals surface area contributed by atoms with E-state index in [4.69, 9.17) is 4.74 Å². The molecule has 1 aromatic carbocycles. The molecular formula is C16H20BrNO4. The quantitative estimate of drug-likeness (QED) is 0.773. The number of nitrogens with one attached hydrogen (secondary N) is 1. The van der Waals surface area contributed by atoms with Crippen LogP contribution in [-0.4, -0.2) is 29.1 Å². The fourth-order valence-corrected chi connectivity index (χ4v) is 2.66. The number of ether oxygens (including phenoxy) is 1. The van der Waals surface area contributed by atoms with Crippen LogP contribution >= 0.6 is 15.9 Å². The molecular weight excluding hydrogens is 350 g/mol. The van der Waals surface area contributed by atoms with Gasteiger partial charge in [0.05, 0.1) is 6.10 Å². The highest BCUT2D eigenvalue weighted by Gasteiger charge is 2.30. The van der Waals surface area contributed by atoms with Crippen LogP contribution in [0.15, 0.2) is 22.7 Å². The van der Waals surface area contributed by atoms with Crippen LogP contribution in [0.3, 0.4) is 0 Å². The third-order valence-corrected chi connectivity index (χ3v) is 3.83. The van der Waals surface area contributed by atoms with E-state index in [9.17, 15) is 14.7 Å². The van der Waals surface area contributed by atoms with E-state index in [0.717, 1.165) is 12.8 Å². The van der Waals surface area contributed by atoms with Gasteiger partial charge in [-0.05, 0) is 44.4 Å². The molecule has 0 heterocycles. The highest BCUT2D eigenvalue weighted by Crippen LogP contribution is 2.33. The fourth-order valence-electron chi connectivity index (χ4n) is 2.18. The van der Waals surface area contributed by atoms with Crippen LogP contribution < -0.4 is 10.1 Å². The molecule has 1 aliphatic carbocycles. The van der Waals surface area contributed by atoms with E-state index in [1.165, 1.54) is 0 Å². The molecule has 2 rings (SSSR count). The van der Waals surface area contributed by atoms with Gasteiger partial charge >= 0.3 is 5.97 Å². The molecule has 0 saturated heterocycles. The lowest BCUT2D eigenvalue weighted by molar-refractivity contribution is -0.139. The molecule has 1 aliphatic rings. The Bertz CT molecular complexity index is 569. The molecule has 0 bridgehead atoms. The lowest BCUT2D eigenvalue weighted by Crippen LogP contribution is -2.41. The Morgan fingerprint density at radius 1 is 1.36 bits per heavy atom. The Morgan fingerprint density at radius 2 is 2.05 bits per heavy atom. The number of hydrogen-bond acceptors (Lipinski definition) is 3. The van der Waals surface area contributed by atoms with Gasteiger partial charge in [-0.2, -0.15) is 0 Å². The minimum absolute atomic E-state index is 0.00755. The molecule has 5 nitrogen and oxygen atoms in total. The van der Waals surface area contributed by atoms with Crippen LogP contribution in [0, 0.1) is 5.92 Å². The third kappa shape index (κ3) is 5.02. The van der Waals surface area contributed by atoms with Gasteiger partial charge in [-0.1, -0.05) is 28.8 Å². The first-order chi connectivity index (χ1) is 10.3. The van der Waals surface area contributed by atoms with Gasteiger partial charge in [-0.15, -0.1) is 0 Å². The second-order valence-electron chi connectivity index (χ2n) is 5.89. The lowest BCUT2D eigenvalue weighted by Gasteiger charge is -2.15. The molecule has 1 amide bonds. The van der Waals surface area contributed by atoms with Gasteiger partial charge < -0.3 is 15.2 Å². The molecule has 0 radical (unpaired) electrons. The Morgan fingerprint density at radius 3 is 2.59 bits per heavy atom. The average Bonchev–Trinajstić information content (AvgIpc) is 3.20. The van der Waals surface area contributed by atoms with E-state index in [1.807, 2.05) is 13.8 Å². The van der Waals surface area contributed by atoms with Crippen molar-refractivity contribution >= 4 is 27.8 Å². The van der Waals surface area contributed by atoms with Crippen molar-refractivity contribution in [2.75, 3.05) is 0 Å². The van der Waals surface area contributed by atoms with E-state index in [1.54, 1.807) is 18.2 Å². The number of aliphatic carboxylic acids is 1. The number of carbonyl (C=O) groups is 2. The molecule has 6 heteroatoms. The zero-order chi connectivity index (χ0) is 16.3. The van der Waals surface area contributed by atoms with Crippen molar-refractivity contribution in [3.05, 3.63) is 28.2 Å². The van der Waals surface area contributed by atoms with Crippen molar-refractivity contribution in [2.45, 2.75) is 45.3 Å². The van der Waals surface area contributed by atoms with Crippen molar-refractivity contribution in [1.82, 2.24) is 5.32 Å². The standard InChI is InChI=1S/C16H20BrNO4/c1-9(2)22-13-7-11(6-12(17)8-13)15(19)18-14(16(20)21)5-10-3-4-10/h6-10,14H,3-5H2,1-2H3,(H,18,19)(H,20,21). The molecule has 1 unspecified atom stereocenters. The van der Waals surface area contributed by atoms with Gasteiger partial charge in [0.15, 0.2) is 0 Å². The first-order valence-electron chi connectivity index (χ1n) is 7.36. The van der Waals surface area contributed by atoms with Gasteiger partial charge in [-0.3, -0.25) is 4.79 Å². The largest absolute Gasteiger partial charge is 0.491 e. The first kappa shape index (κ1) is 16.8. The normalized spacial score (nSPS) is 15.5. The van der Waals surface area contributed by atoms with Crippen LogP contribution in [0.2, 0.25) is 0 Å². The molecule has 0 spiro atoms. The summed E-state index contributed by atoms with van der Waals surface area (Å²) in [6.45, 7) is 3.80. The van der Waals surface area contributed by atoms with Gasteiger partial charge in [0.1, 0.15) is 11.8 Å². The number of amides is 1. The third-order valence-electron chi connectivity index (χ3n) is 3.37. The highest BCUT2D eigenvalue weighted by atomic mass is 79.9. The van der Waals surface area contributed by atoms with Gasteiger partial charge in [0, 0.05) is 10.0 Å². The average molecular weight is 370 g/mol. The van der Waals surface area contributed by atoms with Gasteiger partial charge in [0.2, 0.25) is 0 Å². The molecule has 120 valence electrons. The number of rotatable bonds is 7. The Labute approximate surface area is 138 Å². The highest BCUT2D eigenvalue weighted by molar-refractivity contribution is 9.10. The number of halogens is 1. The van der Waals surface area contributed by atoms with Crippen molar-refractivity contribution in [1.29, 1.82) is 0 Å². The van der Waals surface area contributed by atoms with Crippen LogP contribution in [0.25, 0.3) is 0 Å². The maximum Gasteiger partial charge on any atom is 0.326 e. The molecule has 1 saturated carbocycles. The van der Waals surface area contributed by atoms with E-state index in [2.05, 4.69) is 21.2 Å². The van der Waals surface area contributed by atoms with Crippen LogP contribution in [0.1, 0.15) is 43.5 Å². The lowest BCUT2D eigenvalue weighted by atomic mass is 10.1. The summed E-state index contributed by atoms with van der Waals surface area (Å²) in [4.78, 5) is 23.6. The zero-order valence-electron chi connectivity index (χ0n) is 12.6. The van der Waals surface area contributed by atoms with E-state index < -0.39 is 17.9 Å². The van der Waals surface area contributed by atoms with Crippen molar-refractivity contribution in [3.63, 3.8) is 0 Å². The summed E-state index contributed by atoms with van der Waals surface area (Å²) in [5.74, 6) is -0.399. The Balaban J connectivity index is 2.09. The number of carbonyl (C=O) groups excluding carboxylic acids is 1. The van der Waals surface area contributed by atoms with Crippen molar-refractivity contribution in [2.24, 2.45) is 5.92 Å². The Kier molecular flexibility index (Phi) is 5.45. The van der Waals surface area contributed by atoms with Gasteiger partial charge in [0.25, 0.3) is 5.91 Å². The number of hydrogen-bond donors (Lipinski definition) is 2. The van der Waals surface area contributed by atoms with Crippen molar-refractivity contribution in [3.8, 4) is 5.75 Å². The maximum atomic E-state index is 12.3. The zero-order valence-corrected chi connectivity index (χ0v) is 14.2. The van der Waals surface area contributed by atoms with Crippen LogP contribution in [-0.2, 0) is 4.79 Å². The van der Waals surface area contributed by atoms with E-state index in [0.29, 0.717) is 28.1 Å².